The van der Waals surface area contributed by atoms with Gasteiger partial charge in [-0.2, -0.15) is 9.40 Å². The maximum Gasteiger partial charge on any atom is 0.243 e. The van der Waals surface area contributed by atoms with Crippen molar-refractivity contribution in [2.45, 2.75) is 52.0 Å². The van der Waals surface area contributed by atoms with E-state index in [1.807, 2.05) is 18.5 Å². The minimum absolute atomic E-state index is 0.0122. The van der Waals surface area contributed by atoms with Gasteiger partial charge >= 0.3 is 0 Å². The van der Waals surface area contributed by atoms with Gasteiger partial charge in [0.1, 0.15) is 5.82 Å². The van der Waals surface area contributed by atoms with Crippen LogP contribution in [0.2, 0.25) is 0 Å². The average Bonchev–Trinajstić information content (AvgIpc) is 2.98. The van der Waals surface area contributed by atoms with Gasteiger partial charge in [-0.3, -0.25) is 9.48 Å². The van der Waals surface area contributed by atoms with Crippen molar-refractivity contribution in [2.75, 3.05) is 26.2 Å². The Morgan fingerprint density at radius 2 is 1.84 bits per heavy atom. The highest BCUT2D eigenvalue weighted by Gasteiger charge is 2.30. The zero-order chi connectivity index (χ0) is 22.8. The Hall–Kier alpha value is -2.26. The van der Waals surface area contributed by atoms with Gasteiger partial charge in [0.25, 0.3) is 0 Å². The van der Waals surface area contributed by atoms with Crippen LogP contribution in [0.5, 0.6) is 0 Å². The molecule has 0 atom stereocenters. The first-order valence-electron chi connectivity index (χ1n) is 10.7. The fraction of sp³-hybridized carbons (Fsp3) is 0.545. The van der Waals surface area contributed by atoms with Crippen LogP contribution >= 0.6 is 0 Å². The number of rotatable bonds is 7. The van der Waals surface area contributed by atoms with E-state index in [0.29, 0.717) is 31.8 Å². The highest BCUT2D eigenvalue weighted by Crippen LogP contribution is 2.20. The fourth-order valence-corrected chi connectivity index (χ4v) is 5.42. The van der Waals surface area contributed by atoms with Gasteiger partial charge in [0, 0.05) is 44.8 Å². The third kappa shape index (κ3) is 5.33. The van der Waals surface area contributed by atoms with Crippen LogP contribution in [0.15, 0.2) is 29.2 Å². The monoisotopic (exact) mass is 450 g/mol. The molecule has 0 bridgehead atoms. The Morgan fingerprint density at radius 3 is 2.45 bits per heavy atom. The van der Waals surface area contributed by atoms with Crippen molar-refractivity contribution in [3.8, 4) is 0 Å². The number of piperazine rings is 1. The van der Waals surface area contributed by atoms with Gasteiger partial charge in [0.2, 0.25) is 15.9 Å². The normalized spacial score (nSPS) is 15.6. The highest BCUT2D eigenvalue weighted by atomic mass is 32.2. The predicted octanol–water partition coefficient (Wildman–Crippen LogP) is 2.76. The molecule has 3 rings (SSSR count). The van der Waals surface area contributed by atoms with E-state index in [0.717, 1.165) is 29.6 Å². The van der Waals surface area contributed by atoms with Crippen LogP contribution in [0.3, 0.4) is 0 Å². The Bertz CT molecular complexity index is 1040. The van der Waals surface area contributed by atoms with Crippen LogP contribution in [0.25, 0.3) is 0 Å². The molecule has 2 aromatic rings. The molecule has 1 aromatic carbocycles. The van der Waals surface area contributed by atoms with Crippen molar-refractivity contribution in [1.82, 2.24) is 19.0 Å². The number of hydrogen-bond acceptors (Lipinski definition) is 4. The molecule has 31 heavy (non-hydrogen) atoms. The zero-order valence-corrected chi connectivity index (χ0v) is 19.5. The van der Waals surface area contributed by atoms with Crippen molar-refractivity contribution < 1.29 is 17.6 Å². The standard InChI is InChI=1S/C22H31FN4O3S/c1-16(2)15-27-18(4)21(17(3)24-27)8-9-22(28)25-10-12-26(13-11-25)31(29,30)20-7-5-6-19(23)14-20/h5-7,14,16H,8-13,15H2,1-4H3. The number of sulfonamides is 1. The molecule has 1 aliphatic heterocycles. The first-order valence-corrected chi connectivity index (χ1v) is 12.1. The Morgan fingerprint density at radius 1 is 1.16 bits per heavy atom. The number of hydrogen-bond donors (Lipinski definition) is 0. The number of benzene rings is 1. The van der Waals surface area contributed by atoms with E-state index < -0.39 is 15.8 Å². The molecule has 1 fully saturated rings. The van der Waals surface area contributed by atoms with Crippen LogP contribution < -0.4 is 0 Å². The number of carbonyl (C=O) groups is 1. The Labute approximate surface area is 183 Å². The van der Waals surface area contributed by atoms with Crippen molar-refractivity contribution >= 4 is 15.9 Å². The molecule has 0 radical (unpaired) electrons. The minimum atomic E-state index is -3.76. The van der Waals surface area contributed by atoms with Gasteiger partial charge < -0.3 is 4.90 Å². The molecular formula is C22H31FN4O3S. The molecule has 170 valence electrons. The molecule has 1 aromatic heterocycles. The Kier molecular flexibility index (Phi) is 7.16. The molecular weight excluding hydrogens is 419 g/mol. The van der Waals surface area contributed by atoms with Crippen LogP contribution in [0, 0.1) is 25.6 Å². The Balaban J connectivity index is 1.57. The van der Waals surface area contributed by atoms with Gasteiger partial charge in [-0.25, -0.2) is 12.8 Å². The van der Waals surface area contributed by atoms with Crippen LogP contribution in [0.1, 0.15) is 37.2 Å². The van der Waals surface area contributed by atoms with Crippen LogP contribution in [-0.2, 0) is 27.8 Å². The summed E-state index contributed by atoms with van der Waals surface area (Å²) < 4.78 is 42.2. The maximum absolute atomic E-state index is 13.4. The van der Waals surface area contributed by atoms with E-state index in [1.54, 1.807) is 4.90 Å². The van der Waals surface area contributed by atoms with E-state index in [4.69, 9.17) is 0 Å². The summed E-state index contributed by atoms with van der Waals surface area (Å²) in [7, 11) is -3.76. The van der Waals surface area contributed by atoms with Crippen molar-refractivity contribution in [2.24, 2.45) is 5.92 Å². The van der Waals surface area contributed by atoms with Crippen molar-refractivity contribution in [3.63, 3.8) is 0 Å². The smallest absolute Gasteiger partial charge is 0.243 e. The second kappa shape index (κ2) is 9.48. The molecule has 2 heterocycles. The first-order chi connectivity index (χ1) is 14.6. The summed E-state index contributed by atoms with van der Waals surface area (Å²) in [5.41, 5.74) is 3.17. The fourth-order valence-electron chi connectivity index (χ4n) is 3.96. The number of amides is 1. The first kappa shape index (κ1) is 23.4. The lowest BCUT2D eigenvalue weighted by molar-refractivity contribution is -0.132. The topological polar surface area (TPSA) is 75.5 Å². The van der Waals surface area contributed by atoms with Crippen molar-refractivity contribution in [3.05, 3.63) is 47.0 Å². The highest BCUT2D eigenvalue weighted by molar-refractivity contribution is 7.89. The lowest BCUT2D eigenvalue weighted by Crippen LogP contribution is -2.50. The number of aryl methyl sites for hydroxylation is 1. The van der Waals surface area contributed by atoms with Crippen LogP contribution in [0.4, 0.5) is 4.39 Å². The molecule has 1 aliphatic rings. The number of carbonyl (C=O) groups excluding carboxylic acids is 1. The molecule has 0 saturated carbocycles. The lowest BCUT2D eigenvalue weighted by atomic mass is 10.1. The van der Waals surface area contributed by atoms with Crippen LogP contribution in [-0.4, -0.2) is 59.5 Å². The summed E-state index contributed by atoms with van der Waals surface area (Å²) in [6.45, 7) is 10.2. The largest absolute Gasteiger partial charge is 0.340 e. The third-order valence-corrected chi connectivity index (χ3v) is 7.58. The number of aromatic nitrogens is 2. The summed E-state index contributed by atoms with van der Waals surface area (Å²) in [5.74, 6) is -0.0807. The quantitative estimate of drug-likeness (QED) is 0.650. The van der Waals surface area contributed by atoms with Gasteiger partial charge in [0.05, 0.1) is 10.6 Å². The average molecular weight is 451 g/mol. The van der Waals surface area contributed by atoms with Gasteiger partial charge in [0.15, 0.2) is 0 Å². The van der Waals surface area contributed by atoms with E-state index in [-0.39, 0.29) is 23.9 Å². The molecule has 1 amide bonds. The molecule has 0 unspecified atom stereocenters. The minimum Gasteiger partial charge on any atom is -0.340 e. The number of nitrogens with zero attached hydrogens (tertiary/aromatic N) is 4. The zero-order valence-electron chi connectivity index (χ0n) is 18.6. The van der Waals surface area contributed by atoms with Crippen molar-refractivity contribution in [1.29, 1.82) is 0 Å². The second-order valence-corrected chi connectivity index (χ2v) is 10.4. The molecule has 9 heteroatoms. The molecule has 0 spiro atoms. The molecule has 0 N–H and O–H groups in total. The molecule has 1 saturated heterocycles. The number of halogens is 1. The predicted molar refractivity (Wildman–Crippen MR) is 117 cm³/mol. The maximum atomic E-state index is 13.4. The summed E-state index contributed by atoms with van der Waals surface area (Å²) in [5, 5.41) is 4.60. The van der Waals surface area contributed by atoms with Gasteiger partial charge in [-0.1, -0.05) is 19.9 Å². The van der Waals surface area contributed by atoms with E-state index in [1.165, 1.54) is 22.5 Å². The molecule has 7 nitrogen and oxygen atoms in total. The van der Waals surface area contributed by atoms with Gasteiger partial charge in [-0.05, 0) is 49.9 Å². The second-order valence-electron chi connectivity index (χ2n) is 8.47. The van der Waals surface area contributed by atoms with E-state index >= 15 is 0 Å². The van der Waals surface area contributed by atoms with Gasteiger partial charge in [-0.15, -0.1) is 0 Å². The SMILES string of the molecule is Cc1nn(CC(C)C)c(C)c1CCC(=O)N1CCN(S(=O)(=O)c2cccc(F)c2)CC1. The summed E-state index contributed by atoms with van der Waals surface area (Å²) in [4.78, 5) is 14.4. The summed E-state index contributed by atoms with van der Waals surface area (Å²) >= 11 is 0. The van der Waals surface area contributed by atoms with E-state index in [9.17, 15) is 17.6 Å². The summed E-state index contributed by atoms with van der Waals surface area (Å²) in [6, 6.07) is 5.01. The molecule has 0 aliphatic carbocycles. The van der Waals surface area contributed by atoms with E-state index in [2.05, 4.69) is 18.9 Å². The summed E-state index contributed by atoms with van der Waals surface area (Å²) in [6.07, 6.45) is 0.988. The third-order valence-electron chi connectivity index (χ3n) is 5.68. The lowest BCUT2D eigenvalue weighted by Gasteiger charge is -2.34.